The molecule has 2 aromatic rings. The zero-order valence-corrected chi connectivity index (χ0v) is 13.0. The summed E-state index contributed by atoms with van der Waals surface area (Å²) in [5.74, 6) is 0.491. The van der Waals surface area contributed by atoms with Gasteiger partial charge in [-0.05, 0) is 24.5 Å². The maximum atomic E-state index is 5.10. The highest BCUT2D eigenvalue weighted by Crippen LogP contribution is 2.20. The second kappa shape index (κ2) is 8.60. The Hall–Kier alpha value is -1.64. The summed E-state index contributed by atoms with van der Waals surface area (Å²) in [6.45, 7) is 4.78. The zero-order valence-electron chi connectivity index (χ0n) is 13.0. The van der Waals surface area contributed by atoms with E-state index in [1.165, 1.54) is 16.7 Å². The van der Waals surface area contributed by atoms with E-state index in [4.69, 9.17) is 4.74 Å². The first-order valence-electron chi connectivity index (χ1n) is 7.59. The van der Waals surface area contributed by atoms with Crippen LogP contribution >= 0.6 is 0 Å². The van der Waals surface area contributed by atoms with Crippen molar-refractivity contribution in [3.63, 3.8) is 0 Å². The molecule has 1 atom stereocenters. The number of benzene rings is 2. The topological polar surface area (TPSA) is 21.3 Å². The van der Waals surface area contributed by atoms with E-state index in [0.29, 0.717) is 5.92 Å². The molecule has 1 N–H and O–H groups in total. The Kier molecular flexibility index (Phi) is 6.45. The lowest BCUT2D eigenvalue weighted by Crippen LogP contribution is -2.26. The van der Waals surface area contributed by atoms with Gasteiger partial charge in [0, 0.05) is 26.1 Å². The van der Waals surface area contributed by atoms with Gasteiger partial charge in [0.1, 0.15) is 0 Å². The quantitative estimate of drug-likeness (QED) is 0.748. The van der Waals surface area contributed by atoms with Crippen LogP contribution in [0.2, 0.25) is 0 Å². The predicted octanol–water partition coefficient (Wildman–Crippen LogP) is 3.56. The van der Waals surface area contributed by atoms with E-state index >= 15 is 0 Å². The number of hydrogen-bond donors (Lipinski definition) is 1. The van der Waals surface area contributed by atoms with Crippen LogP contribution in [0, 0.1) is 6.92 Å². The van der Waals surface area contributed by atoms with Crippen LogP contribution in [0.4, 0.5) is 0 Å². The number of aryl methyl sites for hydroxylation is 1. The third-order valence-electron chi connectivity index (χ3n) is 3.71. The van der Waals surface area contributed by atoms with Gasteiger partial charge in [-0.2, -0.15) is 0 Å². The van der Waals surface area contributed by atoms with Gasteiger partial charge in [0.25, 0.3) is 0 Å². The highest BCUT2D eigenvalue weighted by molar-refractivity contribution is 5.27. The monoisotopic (exact) mass is 283 g/mol. The summed E-state index contributed by atoms with van der Waals surface area (Å²) >= 11 is 0. The molecule has 0 aliphatic carbocycles. The molecule has 1 unspecified atom stereocenters. The third-order valence-corrected chi connectivity index (χ3v) is 3.71. The Bertz CT molecular complexity index is 524. The van der Waals surface area contributed by atoms with Crippen LogP contribution in [-0.4, -0.2) is 26.8 Å². The normalized spacial score (nSPS) is 12.3. The molecule has 112 valence electrons. The summed E-state index contributed by atoms with van der Waals surface area (Å²) < 4.78 is 5.10. The zero-order chi connectivity index (χ0) is 14.9. The summed E-state index contributed by atoms with van der Waals surface area (Å²) in [4.78, 5) is 0. The minimum Gasteiger partial charge on any atom is -0.383 e. The van der Waals surface area contributed by atoms with Crippen LogP contribution in [0.5, 0.6) is 0 Å². The Labute approximate surface area is 128 Å². The SMILES string of the molecule is COCCNCC(Cc1cccc(C)c1)c1ccccc1. The van der Waals surface area contributed by atoms with Crippen molar-refractivity contribution < 1.29 is 4.74 Å². The number of hydrogen-bond acceptors (Lipinski definition) is 2. The smallest absolute Gasteiger partial charge is 0.0587 e. The van der Waals surface area contributed by atoms with Crippen molar-refractivity contribution in [3.8, 4) is 0 Å². The van der Waals surface area contributed by atoms with Crippen molar-refractivity contribution >= 4 is 0 Å². The van der Waals surface area contributed by atoms with Gasteiger partial charge in [-0.15, -0.1) is 0 Å². The highest BCUT2D eigenvalue weighted by atomic mass is 16.5. The standard InChI is InChI=1S/C19H25NO/c1-16-7-6-8-17(13-16)14-19(15-20-11-12-21-2)18-9-4-3-5-10-18/h3-10,13,19-20H,11-12,14-15H2,1-2H3. The summed E-state index contributed by atoms with van der Waals surface area (Å²) in [6.07, 6.45) is 1.06. The lowest BCUT2D eigenvalue weighted by molar-refractivity contribution is 0.199. The van der Waals surface area contributed by atoms with Gasteiger partial charge < -0.3 is 10.1 Å². The Morgan fingerprint density at radius 2 is 1.86 bits per heavy atom. The van der Waals surface area contributed by atoms with E-state index in [0.717, 1.165) is 26.1 Å². The van der Waals surface area contributed by atoms with Crippen LogP contribution in [0.25, 0.3) is 0 Å². The van der Waals surface area contributed by atoms with E-state index in [2.05, 4.69) is 66.8 Å². The van der Waals surface area contributed by atoms with Gasteiger partial charge in [0.15, 0.2) is 0 Å². The molecule has 2 rings (SSSR count). The van der Waals surface area contributed by atoms with Gasteiger partial charge in [0.2, 0.25) is 0 Å². The van der Waals surface area contributed by atoms with Gasteiger partial charge in [-0.1, -0.05) is 60.2 Å². The van der Waals surface area contributed by atoms with Crippen molar-refractivity contribution in [1.82, 2.24) is 5.32 Å². The molecule has 0 aromatic heterocycles. The van der Waals surface area contributed by atoms with E-state index < -0.39 is 0 Å². The van der Waals surface area contributed by atoms with Crippen LogP contribution in [0.3, 0.4) is 0 Å². The molecule has 0 bridgehead atoms. The molecule has 0 saturated heterocycles. The molecule has 0 aliphatic rings. The van der Waals surface area contributed by atoms with Crippen molar-refractivity contribution in [1.29, 1.82) is 0 Å². The summed E-state index contributed by atoms with van der Waals surface area (Å²) in [5, 5.41) is 3.49. The Morgan fingerprint density at radius 3 is 2.57 bits per heavy atom. The first-order valence-corrected chi connectivity index (χ1v) is 7.59. The lowest BCUT2D eigenvalue weighted by Gasteiger charge is -2.18. The van der Waals surface area contributed by atoms with Gasteiger partial charge in [-0.3, -0.25) is 0 Å². The number of rotatable bonds is 8. The van der Waals surface area contributed by atoms with Gasteiger partial charge in [0.05, 0.1) is 6.61 Å². The average molecular weight is 283 g/mol. The lowest BCUT2D eigenvalue weighted by atomic mass is 9.91. The van der Waals surface area contributed by atoms with Crippen molar-refractivity contribution in [2.24, 2.45) is 0 Å². The Morgan fingerprint density at radius 1 is 1.05 bits per heavy atom. The minimum absolute atomic E-state index is 0.491. The van der Waals surface area contributed by atoms with Crippen molar-refractivity contribution in [2.75, 3.05) is 26.8 Å². The highest BCUT2D eigenvalue weighted by Gasteiger charge is 2.12. The van der Waals surface area contributed by atoms with Crippen molar-refractivity contribution in [2.45, 2.75) is 19.3 Å². The minimum atomic E-state index is 0.491. The molecule has 0 radical (unpaired) electrons. The third kappa shape index (κ3) is 5.33. The van der Waals surface area contributed by atoms with Crippen LogP contribution in [-0.2, 0) is 11.2 Å². The molecule has 0 saturated carbocycles. The van der Waals surface area contributed by atoms with Gasteiger partial charge >= 0.3 is 0 Å². The summed E-state index contributed by atoms with van der Waals surface area (Å²) in [7, 11) is 1.74. The molecule has 0 aliphatic heterocycles. The van der Waals surface area contributed by atoms with E-state index in [9.17, 15) is 0 Å². The largest absolute Gasteiger partial charge is 0.383 e. The molecular weight excluding hydrogens is 258 g/mol. The fourth-order valence-electron chi connectivity index (χ4n) is 2.61. The number of ether oxygens (including phenoxy) is 1. The molecule has 0 heterocycles. The first kappa shape index (κ1) is 15.7. The van der Waals surface area contributed by atoms with Crippen LogP contribution in [0.15, 0.2) is 54.6 Å². The predicted molar refractivity (Wildman–Crippen MR) is 88.8 cm³/mol. The summed E-state index contributed by atoms with van der Waals surface area (Å²) in [5.41, 5.74) is 4.12. The van der Waals surface area contributed by atoms with Crippen LogP contribution in [0.1, 0.15) is 22.6 Å². The summed E-state index contributed by atoms with van der Waals surface area (Å²) in [6, 6.07) is 19.6. The van der Waals surface area contributed by atoms with E-state index in [1.807, 2.05) is 0 Å². The van der Waals surface area contributed by atoms with Crippen LogP contribution < -0.4 is 5.32 Å². The Balaban J connectivity index is 2.04. The van der Waals surface area contributed by atoms with E-state index in [1.54, 1.807) is 7.11 Å². The fourth-order valence-corrected chi connectivity index (χ4v) is 2.61. The molecule has 0 amide bonds. The molecule has 21 heavy (non-hydrogen) atoms. The maximum absolute atomic E-state index is 5.10. The van der Waals surface area contributed by atoms with Gasteiger partial charge in [-0.25, -0.2) is 0 Å². The molecule has 0 spiro atoms. The molecular formula is C19H25NO. The molecule has 0 fully saturated rings. The maximum Gasteiger partial charge on any atom is 0.0587 e. The van der Waals surface area contributed by atoms with E-state index in [-0.39, 0.29) is 0 Å². The molecule has 2 heteroatoms. The molecule has 2 aromatic carbocycles. The van der Waals surface area contributed by atoms with Crippen molar-refractivity contribution in [3.05, 3.63) is 71.3 Å². The average Bonchev–Trinajstić information content (AvgIpc) is 2.51. The number of methoxy groups -OCH3 is 1. The number of nitrogens with one attached hydrogen (secondary N) is 1. The first-order chi connectivity index (χ1) is 10.3. The fraction of sp³-hybridized carbons (Fsp3) is 0.368. The second-order valence-corrected chi connectivity index (χ2v) is 5.50. The molecule has 2 nitrogen and oxygen atoms in total. The second-order valence-electron chi connectivity index (χ2n) is 5.50.